The molecule has 132 valence electrons. The van der Waals surface area contributed by atoms with Gasteiger partial charge in [-0.1, -0.05) is 34.1 Å². The Bertz CT molecular complexity index is 975. The van der Waals surface area contributed by atoms with Crippen LogP contribution < -0.4 is 10.9 Å². The molecule has 3 aromatic rings. The molecule has 0 saturated heterocycles. The lowest BCUT2D eigenvalue weighted by atomic mass is 10.2. The average Bonchev–Trinajstić information content (AvgIpc) is 3.04. The van der Waals surface area contributed by atoms with Crippen molar-refractivity contribution in [3.05, 3.63) is 76.3 Å². The lowest BCUT2D eigenvalue weighted by molar-refractivity contribution is 0.0839. The third-order valence-corrected chi connectivity index (χ3v) is 3.89. The fourth-order valence-electron chi connectivity index (χ4n) is 2.15. The van der Waals surface area contributed by atoms with E-state index in [2.05, 4.69) is 31.9 Å². The highest BCUT2D eigenvalue weighted by molar-refractivity contribution is 9.10. The van der Waals surface area contributed by atoms with E-state index in [1.54, 1.807) is 24.3 Å². The molecule has 1 aromatic heterocycles. The third-order valence-electron chi connectivity index (χ3n) is 3.39. The zero-order valence-corrected chi connectivity index (χ0v) is 14.7. The van der Waals surface area contributed by atoms with Crippen LogP contribution >= 0.6 is 15.9 Å². The minimum atomic E-state index is -0.848. The summed E-state index contributed by atoms with van der Waals surface area (Å²) in [5.41, 5.74) is 4.28. The fraction of sp³-hybridized carbons (Fsp3) is 0. The first-order valence-electron chi connectivity index (χ1n) is 7.35. The number of carbonyl (C=O) groups is 2. The number of nitrogens with zero attached hydrogens (tertiary/aromatic N) is 2. The number of carbonyl (C=O) groups excluding carboxylic acids is 2. The van der Waals surface area contributed by atoms with Gasteiger partial charge in [-0.3, -0.25) is 20.4 Å². The van der Waals surface area contributed by atoms with Gasteiger partial charge >= 0.3 is 0 Å². The van der Waals surface area contributed by atoms with E-state index in [9.17, 15) is 19.1 Å². The van der Waals surface area contributed by atoms with Gasteiger partial charge in [0.15, 0.2) is 11.4 Å². The van der Waals surface area contributed by atoms with Gasteiger partial charge in [0.05, 0.1) is 17.4 Å². The minimum Gasteiger partial charge on any atom is -0.504 e. The van der Waals surface area contributed by atoms with Crippen LogP contribution in [0.3, 0.4) is 0 Å². The molecule has 0 spiro atoms. The van der Waals surface area contributed by atoms with E-state index in [0.717, 1.165) is 6.07 Å². The number of aromatic hydroxyl groups is 1. The number of benzene rings is 2. The first-order valence-corrected chi connectivity index (χ1v) is 8.15. The Morgan fingerprint density at radius 1 is 1.08 bits per heavy atom. The molecule has 0 aliphatic carbocycles. The van der Waals surface area contributed by atoms with Crippen molar-refractivity contribution < 1.29 is 19.1 Å². The van der Waals surface area contributed by atoms with Crippen molar-refractivity contribution in [3.63, 3.8) is 0 Å². The maximum absolute atomic E-state index is 13.7. The highest BCUT2D eigenvalue weighted by atomic mass is 79.9. The van der Waals surface area contributed by atoms with Crippen LogP contribution in [0.5, 0.6) is 5.75 Å². The van der Waals surface area contributed by atoms with Gasteiger partial charge in [0.25, 0.3) is 11.8 Å². The molecule has 0 radical (unpaired) electrons. The van der Waals surface area contributed by atoms with Crippen LogP contribution in [0.2, 0.25) is 0 Å². The molecule has 1 heterocycles. The van der Waals surface area contributed by atoms with Gasteiger partial charge in [-0.05, 0) is 30.3 Å². The zero-order valence-electron chi connectivity index (χ0n) is 13.1. The maximum atomic E-state index is 13.7. The Kier molecular flexibility index (Phi) is 4.99. The van der Waals surface area contributed by atoms with Crippen molar-refractivity contribution >= 4 is 27.7 Å². The predicted molar refractivity (Wildman–Crippen MR) is 94.3 cm³/mol. The number of para-hydroxylation sites is 1. The summed E-state index contributed by atoms with van der Waals surface area (Å²) in [6.45, 7) is 0. The zero-order chi connectivity index (χ0) is 18.7. The van der Waals surface area contributed by atoms with E-state index in [4.69, 9.17) is 0 Å². The summed E-state index contributed by atoms with van der Waals surface area (Å²) < 4.78 is 15.5. The molecule has 2 amide bonds. The lowest BCUT2D eigenvalue weighted by Gasteiger charge is -2.07. The second kappa shape index (κ2) is 7.36. The molecule has 2 aromatic carbocycles. The highest BCUT2D eigenvalue weighted by Crippen LogP contribution is 2.18. The van der Waals surface area contributed by atoms with Crippen molar-refractivity contribution in [2.45, 2.75) is 0 Å². The Balaban J connectivity index is 1.72. The van der Waals surface area contributed by atoms with Crippen LogP contribution in [0.25, 0.3) is 5.69 Å². The second-order valence-corrected chi connectivity index (χ2v) is 6.09. The number of hydrazine groups is 1. The van der Waals surface area contributed by atoms with Crippen LogP contribution in [0, 0.1) is 5.82 Å². The molecular weight excluding hydrogens is 407 g/mol. The van der Waals surface area contributed by atoms with Gasteiger partial charge in [0, 0.05) is 4.47 Å². The van der Waals surface area contributed by atoms with E-state index in [1.807, 2.05) is 6.07 Å². The number of aromatic nitrogens is 2. The fourth-order valence-corrected chi connectivity index (χ4v) is 2.51. The van der Waals surface area contributed by atoms with E-state index in [-0.39, 0.29) is 17.0 Å². The van der Waals surface area contributed by atoms with Crippen molar-refractivity contribution in [2.75, 3.05) is 0 Å². The highest BCUT2D eigenvalue weighted by Gasteiger charge is 2.19. The molecule has 0 fully saturated rings. The van der Waals surface area contributed by atoms with Crippen molar-refractivity contribution in [1.29, 1.82) is 0 Å². The van der Waals surface area contributed by atoms with Crippen molar-refractivity contribution in [1.82, 2.24) is 20.6 Å². The van der Waals surface area contributed by atoms with Crippen LogP contribution in [-0.2, 0) is 0 Å². The van der Waals surface area contributed by atoms with Crippen molar-refractivity contribution in [2.24, 2.45) is 0 Å². The van der Waals surface area contributed by atoms with Crippen molar-refractivity contribution in [3.8, 4) is 11.4 Å². The molecular formula is C17H12BrFN4O3. The van der Waals surface area contributed by atoms with E-state index in [1.165, 1.54) is 23.0 Å². The molecule has 0 unspecified atom stereocenters. The van der Waals surface area contributed by atoms with Gasteiger partial charge in [0.1, 0.15) is 5.82 Å². The van der Waals surface area contributed by atoms with Crippen LogP contribution in [0.15, 0.2) is 59.2 Å². The quantitative estimate of drug-likeness (QED) is 0.569. The van der Waals surface area contributed by atoms with E-state index >= 15 is 0 Å². The first-order chi connectivity index (χ1) is 12.5. The maximum Gasteiger partial charge on any atom is 0.294 e. The van der Waals surface area contributed by atoms with Gasteiger partial charge in [-0.15, -0.1) is 0 Å². The molecule has 0 bridgehead atoms. The van der Waals surface area contributed by atoms with Crippen LogP contribution in [0.1, 0.15) is 20.8 Å². The first kappa shape index (κ1) is 17.6. The number of halogens is 2. The SMILES string of the molecule is O=C(NNC(=O)c1nn(-c2ccccc2)cc1O)c1cc(Br)ccc1F. The molecule has 7 nitrogen and oxygen atoms in total. The van der Waals surface area contributed by atoms with Crippen LogP contribution in [-0.4, -0.2) is 26.7 Å². The average molecular weight is 419 g/mol. The Morgan fingerprint density at radius 2 is 1.77 bits per heavy atom. The summed E-state index contributed by atoms with van der Waals surface area (Å²) in [6, 6.07) is 12.7. The standard InChI is InChI=1S/C17H12BrFN4O3/c18-10-6-7-13(19)12(8-10)16(25)20-21-17(26)15-14(24)9-23(22-15)11-4-2-1-3-5-11/h1-9,24H,(H,20,25)(H,21,26). The molecule has 3 rings (SSSR count). The molecule has 0 aliphatic heterocycles. The normalized spacial score (nSPS) is 10.4. The molecule has 0 aliphatic rings. The molecule has 3 N–H and O–H groups in total. The number of amides is 2. The van der Waals surface area contributed by atoms with E-state index in [0.29, 0.717) is 10.2 Å². The Labute approximate surface area is 155 Å². The second-order valence-electron chi connectivity index (χ2n) is 5.18. The summed E-state index contributed by atoms with van der Waals surface area (Å²) in [5, 5.41) is 13.9. The van der Waals surface area contributed by atoms with Gasteiger partial charge < -0.3 is 5.11 Å². The predicted octanol–water partition coefficient (Wildman–Crippen LogP) is 2.55. The summed E-state index contributed by atoms with van der Waals surface area (Å²) in [4.78, 5) is 24.1. The summed E-state index contributed by atoms with van der Waals surface area (Å²) in [6.07, 6.45) is 1.26. The smallest absolute Gasteiger partial charge is 0.294 e. The summed E-state index contributed by atoms with van der Waals surface area (Å²) in [5.74, 6) is -2.80. The van der Waals surface area contributed by atoms with Crippen LogP contribution in [0.4, 0.5) is 4.39 Å². The minimum absolute atomic E-state index is 0.251. The number of hydrogen-bond donors (Lipinski definition) is 3. The lowest BCUT2D eigenvalue weighted by Crippen LogP contribution is -2.42. The molecule has 0 saturated carbocycles. The molecule has 26 heavy (non-hydrogen) atoms. The van der Waals surface area contributed by atoms with Gasteiger partial charge in [0.2, 0.25) is 0 Å². The number of rotatable bonds is 3. The molecule has 0 atom stereocenters. The third kappa shape index (κ3) is 3.72. The Morgan fingerprint density at radius 3 is 2.50 bits per heavy atom. The topological polar surface area (TPSA) is 96.3 Å². The summed E-state index contributed by atoms with van der Waals surface area (Å²) >= 11 is 3.14. The van der Waals surface area contributed by atoms with Gasteiger partial charge in [-0.25, -0.2) is 9.07 Å². The summed E-state index contributed by atoms with van der Waals surface area (Å²) in [7, 11) is 0. The largest absolute Gasteiger partial charge is 0.504 e. The van der Waals surface area contributed by atoms with E-state index < -0.39 is 17.6 Å². The molecule has 9 heteroatoms. The number of hydrogen-bond acceptors (Lipinski definition) is 4. The number of nitrogens with one attached hydrogen (secondary N) is 2. The Hall–Kier alpha value is -3.20. The monoisotopic (exact) mass is 418 g/mol. The van der Waals surface area contributed by atoms with Gasteiger partial charge in [-0.2, -0.15) is 5.10 Å².